The van der Waals surface area contributed by atoms with E-state index in [1.165, 1.54) is 4.70 Å². The van der Waals surface area contributed by atoms with E-state index in [0.29, 0.717) is 6.54 Å². The predicted octanol–water partition coefficient (Wildman–Crippen LogP) is 2.93. The van der Waals surface area contributed by atoms with Crippen LogP contribution in [0.2, 0.25) is 0 Å². The number of rotatable bonds is 2. The van der Waals surface area contributed by atoms with Crippen molar-refractivity contribution in [2.24, 2.45) is 0 Å². The minimum absolute atomic E-state index is 0.203. The molecule has 3 nitrogen and oxygen atoms in total. The van der Waals surface area contributed by atoms with Gasteiger partial charge < -0.3 is 10.1 Å². The SMILES string of the molecule is OCC[n+]1ccccc1.S=c1[nH]c2ccccc2s1. The molecule has 5 heteroatoms. The highest BCUT2D eigenvalue weighted by atomic mass is 32.1. The summed E-state index contributed by atoms with van der Waals surface area (Å²) >= 11 is 6.59. The zero-order valence-electron chi connectivity index (χ0n) is 10.3. The Morgan fingerprint density at radius 2 is 1.84 bits per heavy atom. The number of aromatic nitrogens is 2. The fourth-order valence-electron chi connectivity index (χ4n) is 1.59. The molecule has 1 aromatic carbocycles. The van der Waals surface area contributed by atoms with Gasteiger partial charge in [-0.25, -0.2) is 4.57 Å². The largest absolute Gasteiger partial charge is 0.390 e. The van der Waals surface area contributed by atoms with E-state index in [0.717, 1.165) is 9.47 Å². The molecule has 0 aliphatic carbocycles. The van der Waals surface area contributed by atoms with Crippen molar-refractivity contribution in [1.82, 2.24) is 4.98 Å². The third-order valence-electron chi connectivity index (χ3n) is 2.46. The van der Waals surface area contributed by atoms with Crippen molar-refractivity contribution < 1.29 is 9.67 Å². The van der Waals surface area contributed by atoms with E-state index in [1.807, 2.05) is 53.4 Å². The molecule has 0 unspecified atom stereocenters. The first kappa shape index (κ1) is 13.9. The average Bonchev–Trinajstić information content (AvgIpc) is 2.81. The summed E-state index contributed by atoms with van der Waals surface area (Å²) in [5, 5.41) is 8.50. The number of hydrogen-bond acceptors (Lipinski definition) is 3. The molecule has 0 spiro atoms. The molecule has 0 bridgehead atoms. The van der Waals surface area contributed by atoms with Crippen molar-refractivity contribution in [3.63, 3.8) is 0 Å². The van der Waals surface area contributed by atoms with Crippen LogP contribution in [0.15, 0.2) is 54.9 Å². The second-order valence-corrected chi connectivity index (χ2v) is 5.57. The van der Waals surface area contributed by atoms with Crippen LogP contribution < -0.4 is 4.57 Å². The van der Waals surface area contributed by atoms with E-state index in [1.54, 1.807) is 11.3 Å². The van der Waals surface area contributed by atoms with Crippen molar-refractivity contribution in [2.45, 2.75) is 6.54 Å². The van der Waals surface area contributed by atoms with Gasteiger partial charge in [0, 0.05) is 12.1 Å². The van der Waals surface area contributed by atoms with Gasteiger partial charge in [0.25, 0.3) is 0 Å². The topological polar surface area (TPSA) is 39.9 Å². The molecule has 3 aromatic rings. The number of benzene rings is 1. The van der Waals surface area contributed by atoms with E-state index in [4.69, 9.17) is 17.3 Å². The molecule has 2 N–H and O–H groups in total. The third-order valence-corrected chi connectivity index (χ3v) is 3.68. The number of para-hydroxylation sites is 1. The summed E-state index contributed by atoms with van der Waals surface area (Å²) in [6.07, 6.45) is 3.85. The molecule has 2 heterocycles. The number of nitrogens with zero attached hydrogens (tertiary/aromatic N) is 1. The summed E-state index contributed by atoms with van der Waals surface area (Å²) in [4.78, 5) is 3.09. The Morgan fingerprint density at radius 1 is 1.11 bits per heavy atom. The fraction of sp³-hybridized carbons (Fsp3) is 0.143. The van der Waals surface area contributed by atoms with Crippen LogP contribution in [-0.2, 0) is 6.54 Å². The summed E-state index contributed by atoms with van der Waals surface area (Å²) in [5.74, 6) is 0. The van der Waals surface area contributed by atoms with Crippen LogP contribution in [0.3, 0.4) is 0 Å². The lowest BCUT2D eigenvalue weighted by Crippen LogP contribution is -2.33. The highest BCUT2D eigenvalue weighted by Gasteiger charge is 1.92. The summed E-state index contributed by atoms with van der Waals surface area (Å²) in [5.41, 5.74) is 1.14. The van der Waals surface area contributed by atoms with Crippen molar-refractivity contribution >= 4 is 33.8 Å². The molecule has 0 fully saturated rings. The molecule has 0 atom stereocenters. The number of H-pyrrole nitrogens is 1. The number of aliphatic hydroxyl groups is 1. The smallest absolute Gasteiger partial charge is 0.171 e. The first-order valence-electron chi connectivity index (χ1n) is 5.92. The van der Waals surface area contributed by atoms with E-state index in [-0.39, 0.29) is 6.61 Å². The second kappa shape index (κ2) is 7.13. The minimum atomic E-state index is 0.203. The molecule has 0 aliphatic rings. The Labute approximate surface area is 120 Å². The molecule has 0 amide bonds. The van der Waals surface area contributed by atoms with Crippen LogP contribution in [0.1, 0.15) is 0 Å². The number of aliphatic hydroxyl groups excluding tert-OH is 1. The Hall–Kier alpha value is -1.56. The maximum Gasteiger partial charge on any atom is 0.171 e. The molecular weight excluding hydrogens is 276 g/mol. The molecule has 0 aliphatic heterocycles. The zero-order chi connectivity index (χ0) is 13.5. The van der Waals surface area contributed by atoms with Gasteiger partial charge >= 0.3 is 0 Å². The van der Waals surface area contributed by atoms with Gasteiger partial charge in [-0.05, 0) is 24.4 Å². The number of fused-ring (bicyclic) bond motifs is 1. The van der Waals surface area contributed by atoms with E-state index in [2.05, 4.69) is 11.1 Å². The highest BCUT2D eigenvalue weighted by Crippen LogP contribution is 2.17. The van der Waals surface area contributed by atoms with E-state index >= 15 is 0 Å². The lowest BCUT2D eigenvalue weighted by atomic mass is 10.3. The number of nitrogens with one attached hydrogen (secondary N) is 1. The van der Waals surface area contributed by atoms with Crippen molar-refractivity contribution in [3.05, 3.63) is 58.8 Å². The first-order chi connectivity index (χ1) is 9.29. The lowest BCUT2D eigenvalue weighted by Gasteiger charge is -1.88. The summed E-state index contributed by atoms with van der Waals surface area (Å²) in [6, 6.07) is 13.9. The van der Waals surface area contributed by atoms with Crippen molar-refractivity contribution in [3.8, 4) is 0 Å². The molecule has 2 aromatic heterocycles. The zero-order valence-corrected chi connectivity index (χ0v) is 12.0. The molecule has 0 radical (unpaired) electrons. The second-order valence-electron chi connectivity index (χ2n) is 3.85. The number of pyridine rings is 1. The summed E-state index contributed by atoms with van der Waals surface area (Å²) < 4.78 is 4.01. The fourth-order valence-corrected chi connectivity index (χ4v) is 2.71. The Morgan fingerprint density at radius 3 is 2.53 bits per heavy atom. The quantitative estimate of drug-likeness (QED) is 0.563. The standard InChI is InChI=1S/C7H10NO.C7H5NS2/c9-7-6-8-4-2-1-3-5-8;9-7-8-5-3-1-2-4-6(5)10-7/h1-5,9H,6-7H2;1-4H,(H,8,9)/q+1;. The summed E-state index contributed by atoms with van der Waals surface area (Å²) in [7, 11) is 0. The van der Waals surface area contributed by atoms with Gasteiger partial charge in [-0.1, -0.05) is 18.2 Å². The third kappa shape index (κ3) is 4.24. The van der Waals surface area contributed by atoms with Gasteiger partial charge in [-0.3, -0.25) is 0 Å². The molecule has 19 heavy (non-hydrogen) atoms. The maximum atomic E-state index is 8.50. The van der Waals surface area contributed by atoms with E-state index < -0.39 is 0 Å². The summed E-state index contributed by atoms with van der Waals surface area (Å²) in [6.45, 7) is 0.884. The highest BCUT2D eigenvalue weighted by molar-refractivity contribution is 7.73. The van der Waals surface area contributed by atoms with E-state index in [9.17, 15) is 0 Å². The maximum absolute atomic E-state index is 8.50. The van der Waals surface area contributed by atoms with Crippen LogP contribution in [0.4, 0.5) is 0 Å². The number of thiazole rings is 1. The van der Waals surface area contributed by atoms with Crippen LogP contribution in [0.25, 0.3) is 10.2 Å². The molecule has 98 valence electrons. The van der Waals surface area contributed by atoms with Crippen LogP contribution >= 0.6 is 23.6 Å². The van der Waals surface area contributed by atoms with Gasteiger partial charge in [0.05, 0.1) is 10.2 Å². The Kier molecular flexibility index (Phi) is 5.20. The van der Waals surface area contributed by atoms with Crippen molar-refractivity contribution in [2.75, 3.05) is 6.61 Å². The van der Waals surface area contributed by atoms with Gasteiger partial charge in [-0.15, -0.1) is 11.3 Å². The molecule has 0 saturated carbocycles. The van der Waals surface area contributed by atoms with Crippen LogP contribution in [0, 0.1) is 3.95 Å². The minimum Gasteiger partial charge on any atom is -0.390 e. The molecule has 0 saturated heterocycles. The lowest BCUT2D eigenvalue weighted by molar-refractivity contribution is -0.698. The normalized spacial score (nSPS) is 9.95. The average molecular weight is 291 g/mol. The first-order valence-corrected chi connectivity index (χ1v) is 7.15. The van der Waals surface area contributed by atoms with Gasteiger partial charge in [0.1, 0.15) is 6.61 Å². The van der Waals surface area contributed by atoms with Crippen molar-refractivity contribution in [1.29, 1.82) is 0 Å². The monoisotopic (exact) mass is 291 g/mol. The predicted molar refractivity (Wildman–Crippen MR) is 80.7 cm³/mol. The van der Waals surface area contributed by atoms with Gasteiger partial charge in [0.15, 0.2) is 22.9 Å². The number of hydrogen-bond donors (Lipinski definition) is 2. The van der Waals surface area contributed by atoms with Crippen LogP contribution in [0.5, 0.6) is 0 Å². The molecular formula is C14H15N2OS2+. The Bertz CT molecular complexity index is 640. The Balaban J connectivity index is 0.000000141. The van der Waals surface area contributed by atoms with Gasteiger partial charge in [0.2, 0.25) is 0 Å². The number of aromatic amines is 1. The molecule has 3 rings (SSSR count). The van der Waals surface area contributed by atoms with Gasteiger partial charge in [-0.2, -0.15) is 0 Å². The van der Waals surface area contributed by atoms with Crippen LogP contribution in [-0.4, -0.2) is 16.7 Å².